The van der Waals surface area contributed by atoms with E-state index in [0.29, 0.717) is 4.90 Å². The molecule has 0 radical (unpaired) electrons. The third-order valence-corrected chi connectivity index (χ3v) is 4.94. The summed E-state index contributed by atoms with van der Waals surface area (Å²) in [4.78, 5) is 0.356. The van der Waals surface area contributed by atoms with Crippen molar-refractivity contribution in [3.05, 3.63) is 29.8 Å². The Balaban J connectivity index is 2.37. The molecular formula is C17H29NO2S. The quantitative estimate of drug-likeness (QED) is 0.658. The van der Waals surface area contributed by atoms with Crippen molar-refractivity contribution in [1.82, 2.24) is 0 Å². The second-order valence-electron chi connectivity index (χ2n) is 5.86. The molecule has 1 aromatic carbocycles. The van der Waals surface area contributed by atoms with Gasteiger partial charge < -0.3 is 5.73 Å². The maximum atomic E-state index is 11.6. The molecule has 1 atom stereocenters. The molecule has 1 aromatic rings. The average Bonchev–Trinajstić information content (AvgIpc) is 2.45. The van der Waals surface area contributed by atoms with Crippen LogP contribution in [0.2, 0.25) is 0 Å². The lowest BCUT2D eigenvalue weighted by Gasteiger charge is -2.13. The molecule has 0 fully saturated rings. The van der Waals surface area contributed by atoms with Crippen molar-refractivity contribution in [1.29, 1.82) is 0 Å². The first-order chi connectivity index (χ1) is 9.95. The number of benzene rings is 1. The van der Waals surface area contributed by atoms with E-state index in [1.807, 2.05) is 6.07 Å². The van der Waals surface area contributed by atoms with Crippen molar-refractivity contribution >= 4 is 9.84 Å². The zero-order valence-electron chi connectivity index (χ0n) is 13.3. The third kappa shape index (κ3) is 7.09. The highest BCUT2D eigenvalue weighted by Gasteiger charge is 2.11. The second-order valence-corrected chi connectivity index (χ2v) is 7.88. The molecule has 0 saturated carbocycles. The molecule has 1 rings (SSSR count). The van der Waals surface area contributed by atoms with E-state index >= 15 is 0 Å². The number of rotatable bonds is 10. The smallest absolute Gasteiger partial charge is 0.175 e. The molecular weight excluding hydrogens is 282 g/mol. The highest BCUT2D eigenvalue weighted by Crippen LogP contribution is 2.21. The first-order valence-electron chi connectivity index (χ1n) is 8.00. The van der Waals surface area contributed by atoms with Gasteiger partial charge in [0.1, 0.15) is 0 Å². The van der Waals surface area contributed by atoms with Crippen LogP contribution in [0.5, 0.6) is 0 Å². The van der Waals surface area contributed by atoms with Gasteiger partial charge in [-0.1, -0.05) is 64.0 Å². The molecule has 4 heteroatoms. The van der Waals surface area contributed by atoms with Crippen molar-refractivity contribution in [3.63, 3.8) is 0 Å². The summed E-state index contributed by atoms with van der Waals surface area (Å²) in [5.74, 6) is 0. The summed E-state index contributed by atoms with van der Waals surface area (Å²) in [5.41, 5.74) is 7.10. The van der Waals surface area contributed by atoms with Crippen LogP contribution in [-0.2, 0) is 9.84 Å². The van der Waals surface area contributed by atoms with Crippen LogP contribution in [0, 0.1) is 0 Å². The fourth-order valence-corrected chi connectivity index (χ4v) is 3.14. The molecule has 3 nitrogen and oxygen atoms in total. The van der Waals surface area contributed by atoms with Crippen LogP contribution in [0.25, 0.3) is 0 Å². The van der Waals surface area contributed by atoms with Crippen molar-refractivity contribution in [2.45, 2.75) is 69.2 Å². The van der Waals surface area contributed by atoms with E-state index in [0.717, 1.165) is 18.4 Å². The third-order valence-electron chi connectivity index (χ3n) is 3.83. The van der Waals surface area contributed by atoms with E-state index in [2.05, 4.69) is 6.92 Å². The average molecular weight is 311 g/mol. The maximum absolute atomic E-state index is 11.6. The first-order valence-corrected chi connectivity index (χ1v) is 9.90. The number of nitrogens with two attached hydrogens (primary N) is 1. The van der Waals surface area contributed by atoms with Crippen molar-refractivity contribution in [2.75, 3.05) is 6.26 Å². The van der Waals surface area contributed by atoms with Gasteiger partial charge in [-0.15, -0.1) is 0 Å². The molecule has 120 valence electrons. The predicted molar refractivity (Wildman–Crippen MR) is 89.1 cm³/mol. The van der Waals surface area contributed by atoms with E-state index < -0.39 is 9.84 Å². The van der Waals surface area contributed by atoms with E-state index in [9.17, 15) is 8.42 Å². The normalized spacial score (nSPS) is 13.3. The zero-order chi connectivity index (χ0) is 15.7. The van der Waals surface area contributed by atoms with E-state index in [1.165, 1.54) is 44.8 Å². The van der Waals surface area contributed by atoms with E-state index in [4.69, 9.17) is 5.73 Å². The molecule has 0 aliphatic heterocycles. The summed E-state index contributed by atoms with van der Waals surface area (Å²) >= 11 is 0. The first kappa shape index (κ1) is 18.2. The van der Waals surface area contributed by atoms with Crippen LogP contribution in [0.3, 0.4) is 0 Å². The number of hydrogen-bond acceptors (Lipinski definition) is 3. The topological polar surface area (TPSA) is 60.2 Å². The lowest BCUT2D eigenvalue weighted by molar-refractivity contribution is 0.540. The zero-order valence-corrected chi connectivity index (χ0v) is 14.2. The van der Waals surface area contributed by atoms with E-state index in [-0.39, 0.29) is 6.04 Å². The summed E-state index contributed by atoms with van der Waals surface area (Å²) in [6.07, 6.45) is 11.0. The largest absolute Gasteiger partial charge is 0.324 e. The minimum Gasteiger partial charge on any atom is -0.324 e. The van der Waals surface area contributed by atoms with Gasteiger partial charge in [0.05, 0.1) is 4.90 Å². The van der Waals surface area contributed by atoms with Crippen LogP contribution in [-0.4, -0.2) is 14.7 Å². The van der Waals surface area contributed by atoms with Gasteiger partial charge >= 0.3 is 0 Å². The van der Waals surface area contributed by atoms with Crippen LogP contribution in [0.4, 0.5) is 0 Å². The Kier molecular flexibility index (Phi) is 7.97. The molecule has 0 saturated heterocycles. The maximum Gasteiger partial charge on any atom is 0.175 e. The number of unbranched alkanes of at least 4 members (excludes halogenated alkanes) is 6. The highest BCUT2D eigenvalue weighted by atomic mass is 32.2. The molecule has 0 heterocycles. The van der Waals surface area contributed by atoms with Gasteiger partial charge in [-0.25, -0.2) is 8.42 Å². The lowest BCUT2D eigenvalue weighted by Crippen LogP contribution is -2.11. The fraction of sp³-hybridized carbons (Fsp3) is 0.647. The SMILES string of the molecule is CCCCCCCCCC(N)c1cccc(S(C)(=O)=O)c1. The van der Waals surface area contributed by atoms with E-state index in [1.54, 1.807) is 18.2 Å². The van der Waals surface area contributed by atoms with Crippen LogP contribution < -0.4 is 5.73 Å². The van der Waals surface area contributed by atoms with Crippen LogP contribution in [0.1, 0.15) is 69.9 Å². The highest BCUT2D eigenvalue weighted by molar-refractivity contribution is 7.90. The Hall–Kier alpha value is -0.870. The van der Waals surface area contributed by atoms with Gasteiger partial charge in [0, 0.05) is 12.3 Å². The van der Waals surface area contributed by atoms with Crippen LogP contribution in [0.15, 0.2) is 29.2 Å². The summed E-state index contributed by atoms with van der Waals surface area (Å²) in [6.45, 7) is 2.23. The summed E-state index contributed by atoms with van der Waals surface area (Å²) < 4.78 is 23.1. The molecule has 0 bridgehead atoms. The van der Waals surface area contributed by atoms with Crippen LogP contribution >= 0.6 is 0 Å². The second kappa shape index (κ2) is 9.21. The Bertz CT molecular complexity index is 511. The van der Waals surface area contributed by atoms with Gasteiger partial charge in [0.2, 0.25) is 0 Å². The Morgan fingerprint density at radius 3 is 2.29 bits per heavy atom. The minimum absolute atomic E-state index is 0.0673. The molecule has 0 amide bonds. The predicted octanol–water partition coefficient (Wildman–Crippen LogP) is 4.23. The van der Waals surface area contributed by atoms with Gasteiger partial charge in [-0.3, -0.25) is 0 Å². The monoisotopic (exact) mass is 311 g/mol. The Morgan fingerprint density at radius 1 is 1.05 bits per heavy atom. The lowest BCUT2D eigenvalue weighted by atomic mass is 10.0. The van der Waals surface area contributed by atoms with Crippen molar-refractivity contribution < 1.29 is 8.42 Å². The molecule has 0 aromatic heterocycles. The van der Waals surface area contributed by atoms with Gasteiger partial charge in [0.15, 0.2) is 9.84 Å². The van der Waals surface area contributed by atoms with Crippen molar-refractivity contribution in [2.24, 2.45) is 5.73 Å². The molecule has 0 aliphatic rings. The minimum atomic E-state index is -3.15. The van der Waals surface area contributed by atoms with Gasteiger partial charge in [-0.05, 0) is 24.1 Å². The fourth-order valence-electron chi connectivity index (χ4n) is 2.46. The summed E-state index contributed by atoms with van der Waals surface area (Å²) in [6, 6.07) is 6.96. The molecule has 0 spiro atoms. The molecule has 0 aliphatic carbocycles. The Morgan fingerprint density at radius 2 is 1.67 bits per heavy atom. The van der Waals surface area contributed by atoms with Gasteiger partial charge in [-0.2, -0.15) is 0 Å². The Labute approximate surface area is 129 Å². The number of sulfone groups is 1. The summed E-state index contributed by atoms with van der Waals surface area (Å²) in [7, 11) is -3.15. The standard InChI is InChI=1S/C17H29NO2S/c1-3-4-5-6-7-8-9-13-17(18)15-11-10-12-16(14-15)21(2,19)20/h10-12,14,17H,3-9,13,18H2,1-2H3. The molecule has 1 unspecified atom stereocenters. The van der Waals surface area contributed by atoms with Gasteiger partial charge in [0.25, 0.3) is 0 Å². The molecule has 2 N–H and O–H groups in total. The number of hydrogen-bond donors (Lipinski definition) is 1. The molecule has 21 heavy (non-hydrogen) atoms. The summed E-state index contributed by atoms with van der Waals surface area (Å²) in [5, 5.41) is 0. The van der Waals surface area contributed by atoms with Crippen molar-refractivity contribution in [3.8, 4) is 0 Å².